The van der Waals surface area contributed by atoms with Crippen LogP contribution in [-0.2, 0) is 32.9 Å². The maximum atomic E-state index is 12.8. The molecule has 0 spiro atoms. The van der Waals surface area contributed by atoms with Gasteiger partial charge in [0, 0.05) is 34.0 Å². The maximum Gasteiger partial charge on any atom is 0.237 e. The molecule has 0 atom stereocenters. The molecular formula is C29H23Cl2N3O4S. The van der Waals surface area contributed by atoms with Crippen LogP contribution in [-0.4, -0.2) is 30.1 Å². The number of hydrogen-bond acceptors (Lipinski definition) is 6. The van der Waals surface area contributed by atoms with E-state index in [-0.39, 0.29) is 29.3 Å². The van der Waals surface area contributed by atoms with Crippen LogP contribution in [0, 0.1) is 6.57 Å². The smallest absolute Gasteiger partial charge is 0.237 e. The molecule has 1 aliphatic rings. The van der Waals surface area contributed by atoms with Gasteiger partial charge in [-0.2, -0.15) is 4.98 Å². The normalized spacial score (nSPS) is 14.1. The lowest BCUT2D eigenvalue weighted by atomic mass is 9.93. The Kier molecular flexibility index (Phi) is 7.34. The molecule has 0 unspecified atom stereocenters. The predicted octanol–water partition coefficient (Wildman–Crippen LogP) is 6.82. The first-order chi connectivity index (χ1) is 18.6. The molecule has 4 aromatic rings. The number of benzene rings is 3. The van der Waals surface area contributed by atoms with Crippen molar-refractivity contribution < 1.29 is 17.7 Å². The molecule has 198 valence electrons. The summed E-state index contributed by atoms with van der Waals surface area (Å²) >= 11 is 13.4. The first-order valence-electron chi connectivity index (χ1n) is 12.3. The molecule has 0 radical (unpaired) electrons. The van der Waals surface area contributed by atoms with E-state index in [2.05, 4.69) is 15.0 Å². The zero-order valence-electron chi connectivity index (χ0n) is 20.9. The molecule has 1 aromatic heterocycles. The SMILES string of the molecule is [C-]#[N+]c1ccc(-c2noc(C3(c4c(Cl)cc(CC(=O)Cc5ccc(S(=O)(=O)CC)cc5)cc4Cl)CC3)n2)cc1. The summed E-state index contributed by atoms with van der Waals surface area (Å²) in [5, 5.41) is 4.98. The fraction of sp³-hybridized carbons (Fsp3) is 0.241. The van der Waals surface area contributed by atoms with E-state index in [9.17, 15) is 13.2 Å². The Labute approximate surface area is 236 Å². The number of carbonyl (C=O) groups excluding carboxylic acids is 1. The number of halogens is 2. The van der Waals surface area contributed by atoms with Gasteiger partial charge in [0.05, 0.1) is 22.6 Å². The van der Waals surface area contributed by atoms with E-state index in [4.69, 9.17) is 34.3 Å². The van der Waals surface area contributed by atoms with Crippen molar-refractivity contribution in [3.05, 3.63) is 105 Å². The minimum absolute atomic E-state index is 0.0235. The van der Waals surface area contributed by atoms with Gasteiger partial charge in [0.2, 0.25) is 11.7 Å². The van der Waals surface area contributed by atoms with Gasteiger partial charge < -0.3 is 4.52 Å². The highest BCUT2D eigenvalue weighted by Crippen LogP contribution is 2.57. The molecule has 3 aromatic carbocycles. The molecule has 1 heterocycles. The number of nitrogens with zero attached hydrogens (tertiary/aromatic N) is 3. The highest BCUT2D eigenvalue weighted by atomic mass is 35.5. The van der Waals surface area contributed by atoms with Crippen molar-refractivity contribution in [3.8, 4) is 11.4 Å². The van der Waals surface area contributed by atoms with Crippen LogP contribution in [0.2, 0.25) is 10.0 Å². The Morgan fingerprint density at radius 3 is 2.18 bits per heavy atom. The van der Waals surface area contributed by atoms with Crippen LogP contribution in [0.15, 0.2) is 70.1 Å². The maximum absolute atomic E-state index is 12.8. The average molecular weight is 580 g/mol. The van der Waals surface area contributed by atoms with E-state index in [0.717, 1.165) is 24.0 Å². The molecule has 7 nitrogen and oxygen atoms in total. The molecule has 0 saturated heterocycles. The van der Waals surface area contributed by atoms with Gasteiger partial charge in [-0.3, -0.25) is 4.79 Å². The Bertz CT molecular complexity index is 1680. The lowest BCUT2D eigenvalue weighted by Crippen LogP contribution is -2.12. The van der Waals surface area contributed by atoms with Gasteiger partial charge in [-0.1, -0.05) is 71.7 Å². The van der Waals surface area contributed by atoms with Crippen LogP contribution in [0.25, 0.3) is 16.2 Å². The van der Waals surface area contributed by atoms with Crippen LogP contribution < -0.4 is 0 Å². The highest BCUT2D eigenvalue weighted by Gasteiger charge is 2.53. The third-order valence-electron chi connectivity index (χ3n) is 6.89. The minimum atomic E-state index is -3.29. The van der Waals surface area contributed by atoms with Gasteiger partial charge in [0.15, 0.2) is 15.5 Å². The van der Waals surface area contributed by atoms with E-state index < -0.39 is 15.3 Å². The topological polar surface area (TPSA) is 94.5 Å². The zero-order chi connectivity index (χ0) is 27.8. The van der Waals surface area contributed by atoms with Crippen molar-refractivity contribution in [1.29, 1.82) is 0 Å². The van der Waals surface area contributed by atoms with Gasteiger partial charge in [0.25, 0.3) is 0 Å². The molecule has 1 aliphatic carbocycles. The molecule has 5 rings (SSSR count). The van der Waals surface area contributed by atoms with E-state index in [1.807, 2.05) is 0 Å². The van der Waals surface area contributed by atoms with E-state index in [1.54, 1.807) is 55.5 Å². The summed E-state index contributed by atoms with van der Waals surface area (Å²) in [5.74, 6) is 0.818. The number of Topliss-reactive ketones (excluding diaryl/α,β-unsaturated/α-hetero) is 1. The molecular weight excluding hydrogens is 557 g/mol. The Morgan fingerprint density at radius 2 is 1.62 bits per heavy atom. The molecule has 0 aliphatic heterocycles. The molecule has 1 saturated carbocycles. The third kappa shape index (κ3) is 5.48. The van der Waals surface area contributed by atoms with Crippen molar-refractivity contribution in [2.45, 2.75) is 42.9 Å². The summed E-state index contributed by atoms with van der Waals surface area (Å²) in [6.45, 7) is 8.69. The standard InChI is InChI=1S/C29H23Cl2N3O4S/c1-3-39(36,37)23-10-4-18(5-11-23)14-22(35)15-19-16-24(30)26(25(31)17-19)29(12-13-29)28-33-27(34-38-28)20-6-8-21(32-2)9-7-20/h4-11,16-17H,3,12-15H2,1H3. The fourth-order valence-corrected chi connectivity index (χ4v) is 6.38. The van der Waals surface area contributed by atoms with Gasteiger partial charge in [-0.05, 0) is 48.2 Å². The van der Waals surface area contributed by atoms with Gasteiger partial charge >= 0.3 is 0 Å². The largest absolute Gasteiger partial charge is 0.338 e. The highest BCUT2D eigenvalue weighted by molar-refractivity contribution is 7.91. The molecule has 10 heteroatoms. The number of rotatable bonds is 9. The first kappa shape index (κ1) is 27.1. The van der Waals surface area contributed by atoms with Crippen LogP contribution in [0.4, 0.5) is 5.69 Å². The Hall–Kier alpha value is -3.51. The first-order valence-corrected chi connectivity index (χ1v) is 14.7. The predicted molar refractivity (Wildman–Crippen MR) is 149 cm³/mol. The Balaban J connectivity index is 1.32. The van der Waals surface area contributed by atoms with Crippen molar-refractivity contribution in [2.24, 2.45) is 0 Å². The van der Waals surface area contributed by atoms with Crippen LogP contribution in [0.3, 0.4) is 0 Å². The van der Waals surface area contributed by atoms with Crippen molar-refractivity contribution in [3.63, 3.8) is 0 Å². The van der Waals surface area contributed by atoms with Crippen LogP contribution >= 0.6 is 23.2 Å². The van der Waals surface area contributed by atoms with Crippen molar-refractivity contribution >= 4 is 44.5 Å². The number of hydrogen-bond donors (Lipinski definition) is 0. The summed E-state index contributed by atoms with van der Waals surface area (Å²) < 4.78 is 29.6. The monoisotopic (exact) mass is 579 g/mol. The summed E-state index contributed by atoms with van der Waals surface area (Å²) in [6, 6.07) is 16.8. The van der Waals surface area contributed by atoms with Crippen LogP contribution in [0.1, 0.15) is 42.3 Å². The summed E-state index contributed by atoms with van der Waals surface area (Å²) in [4.78, 5) is 21.0. The number of carbonyl (C=O) groups is 1. The summed E-state index contributed by atoms with van der Waals surface area (Å²) in [5.41, 5.74) is 2.80. The second kappa shape index (κ2) is 10.6. The average Bonchev–Trinajstić information content (AvgIpc) is 3.54. The lowest BCUT2D eigenvalue weighted by molar-refractivity contribution is -0.117. The summed E-state index contributed by atoms with van der Waals surface area (Å²) in [6.07, 6.45) is 1.78. The van der Waals surface area contributed by atoms with Crippen molar-refractivity contribution in [2.75, 3.05) is 5.75 Å². The minimum Gasteiger partial charge on any atom is -0.338 e. The zero-order valence-corrected chi connectivity index (χ0v) is 23.3. The number of ketones is 1. The second-order valence-corrected chi connectivity index (χ2v) is 12.6. The van der Waals surface area contributed by atoms with Crippen LogP contribution in [0.5, 0.6) is 0 Å². The number of sulfone groups is 1. The van der Waals surface area contributed by atoms with Gasteiger partial charge in [-0.25, -0.2) is 13.3 Å². The van der Waals surface area contributed by atoms with Crippen molar-refractivity contribution in [1.82, 2.24) is 10.1 Å². The lowest BCUT2D eigenvalue weighted by Gasteiger charge is -2.16. The van der Waals surface area contributed by atoms with E-state index in [0.29, 0.717) is 38.6 Å². The second-order valence-electron chi connectivity index (χ2n) is 9.54. The Morgan fingerprint density at radius 1 is 1.00 bits per heavy atom. The van der Waals surface area contributed by atoms with E-state index >= 15 is 0 Å². The molecule has 0 amide bonds. The molecule has 1 fully saturated rings. The molecule has 0 N–H and O–H groups in total. The fourth-order valence-electron chi connectivity index (χ4n) is 4.60. The van der Waals surface area contributed by atoms with Gasteiger partial charge in [0.1, 0.15) is 5.78 Å². The third-order valence-corrected chi connectivity index (χ3v) is 9.23. The van der Waals surface area contributed by atoms with E-state index in [1.165, 1.54) is 12.1 Å². The summed E-state index contributed by atoms with van der Waals surface area (Å²) in [7, 11) is -3.29. The molecule has 39 heavy (non-hydrogen) atoms. The quantitative estimate of drug-likeness (QED) is 0.202. The molecule has 0 bridgehead atoms. The van der Waals surface area contributed by atoms with Gasteiger partial charge in [-0.15, -0.1) is 0 Å². The number of aromatic nitrogens is 2.